The summed E-state index contributed by atoms with van der Waals surface area (Å²) in [5.41, 5.74) is 1.72. The summed E-state index contributed by atoms with van der Waals surface area (Å²) in [6.45, 7) is 7.79. The first-order valence-corrected chi connectivity index (χ1v) is 12.4. The lowest BCUT2D eigenvalue weighted by molar-refractivity contribution is -0.141. The average Bonchev–Trinajstić information content (AvgIpc) is 2.82. The summed E-state index contributed by atoms with van der Waals surface area (Å²) in [7, 11) is 0. The number of amides is 2. The standard InChI is InChI=1S/C26H32Cl2N2O4/c1-4-22(26(32)29-15-17(2)3)30(16-19-7-8-20(27)14-21(19)28)25(31)10-6-18-5-9-23-24(13-18)34-12-11-33-23/h5,7-9,13-14,17,22H,4,6,10-12,15-16H2,1-3H3,(H,29,32). The number of halogens is 2. The van der Waals surface area contributed by atoms with Crippen molar-refractivity contribution < 1.29 is 19.1 Å². The van der Waals surface area contributed by atoms with Crippen LogP contribution in [0, 0.1) is 5.92 Å². The summed E-state index contributed by atoms with van der Waals surface area (Å²) in [6, 6.07) is 10.3. The van der Waals surface area contributed by atoms with Gasteiger partial charge in [0.05, 0.1) is 0 Å². The first-order valence-electron chi connectivity index (χ1n) is 11.7. The molecule has 1 aliphatic rings. The number of carbonyl (C=O) groups is 2. The fraction of sp³-hybridized carbons (Fsp3) is 0.462. The van der Waals surface area contributed by atoms with Gasteiger partial charge in [0.2, 0.25) is 11.8 Å². The van der Waals surface area contributed by atoms with E-state index in [0.29, 0.717) is 60.1 Å². The first kappa shape index (κ1) is 26.2. The number of benzene rings is 2. The Hall–Kier alpha value is -2.44. The lowest BCUT2D eigenvalue weighted by Gasteiger charge is -2.31. The molecule has 1 aliphatic heterocycles. The van der Waals surface area contributed by atoms with Crippen LogP contribution in [-0.4, -0.2) is 42.5 Å². The molecule has 3 rings (SSSR count). The largest absolute Gasteiger partial charge is 0.486 e. The molecule has 8 heteroatoms. The zero-order valence-electron chi connectivity index (χ0n) is 19.9. The van der Waals surface area contributed by atoms with E-state index < -0.39 is 6.04 Å². The number of rotatable bonds is 10. The third kappa shape index (κ3) is 7.03. The highest BCUT2D eigenvalue weighted by Crippen LogP contribution is 2.31. The molecule has 0 bridgehead atoms. The van der Waals surface area contributed by atoms with Crippen LogP contribution in [-0.2, 0) is 22.6 Å². The van der Waals surface area contributed by atoms with E-state index in [0.717, 1.165) is 11.1 Å². The minimum Gasteiger partial charge on any atom is -0.486 e. The molecule has 1 unspecified atom stereocenters. The Morgan fingerprint density at radius 2 is 1.79 bits per heavy atom. The lowest BCUT2D eigenvalue weighted by Crippen LogP contribution is -2.49. The van der Waals surface area contributed by atoms with Crippen molar-refractivity contribution in [3.63, 3.8) is 0 Å². The van der Waals surface area contributed by atoms with Gasteiger partial charge >= 0.3 is 0 Å². The van der Waals surface area contributed by atoms with E-state index in [2.05, 4.69) is 5.32 Å². The summed E-state index contributed by atoms with van der Waals surface area (Å²) in [6.07, 6.45) is 1.26. The van der Waals surface area contributed by atoms with Crippen LogP contribution < -0.4 is 14.8 Å². The SMILES string of the molecule is CCC(C(=O)NCC(C)C)N(Cc1ccc(Cl)cc1Cl)C(=O)CCc1ccc2c(c1)OCCO2. The molecule has 0 spiro atoms. The number of nitrogens with one attached hydrogen (secondary N) is 1. The molecule has 0 radical (unpaired) electrons. The Bertz CT molecular complexity index is 1010. The Balaban J connectivity index is 1.78. The number of carbonyl (C=O) groups excluding carboxylic acids is 2. The molecule has 34 heavy (non-hydrogen) atoms. The minimum atomic E-state index is -0.599. The average molecular weight is 507 g/mol. The van der Waals surface area contributed by atoms with E-state index in [9.17, 15) is 9.59 Å². The van der Waals surface area contributed by atoms with Crippen molar-refractivity contribution in [2.75, 3.05) is 19.8 Å². The second kappa shape index (κ2) is 12.3. The lowest BCUT2D eigenvalue weighted by atomic mass is 10.1. The maximum atomic E-state index is 13.5. The van der Waals surface area contributed by atoms with E-state index in [4.69, 9.17) is 32.7 Å². The normalized spacial score (nSPS) is 13.5. The van der Waals surface area contributed by atoms with Crippen molar-refractivity contribution in [2.24, 2.45) is 5.92 Å². The highest BCUT2D eigenvalue weighted by Gasteiger charge is 2.29. The van der Waals surface area contributed by atoms with Gasteiger partial charge in [-0.05, 0) is 54.2 Å². The molecule has 2 amide bonds. The molecule has 0 aliphatic carbocycles. The zero-order valence-corrected chi connectivity index (χ0v) is 21.4. The van der Waals surface area contributed by atoms with Crippen molar-refractivity contribution in [1.82, 2.24) is 10.2 Å². The number of nitrogens with zero attached hydrogens (tertiary/aromatic N) is 1. The summed E-state index contributed by atoms with van der Waals surface area (Å²) in [4.78, 5) is 28.1. The zero-order chi connectivity index (χ0) is 24.7. The quantitative estimate of drug-likeness (QED) is 0.476. The van der Waals surface area contributed by atoms with E-state index in [1.165, 1.54) is 0 Å². The molecule has 184 valence electrons. The van der Waals surface area contributed by atoms with Gasteiger partial charge < -0.3 is 19.7 Å². The molecule has 1 heterocycles. The third-order valence-electron chi connectivity index (χ3n) is 5.66. The number of hydrogen-bond acceptors (Lipinski definition) is 4. The molecule has 1 N–H and O–H groups in total. The van der Waals surface area contributed by atoms with Crippen molar-refractivity contribution in [3.05, 3.63) is 57.6 Å². The van der Waals surface area contributed by atoms with Crippen LogP contribution in [0.2, 0.25) is 10.0 Å². The summed E-state index contributed by atoms with van der Waals surface area (Å²) in [5, 5.41) is 3.96. The van der Waals surface area contributed by atoms with Crippen LogP contribution in [0.3, 0.4) is 0 Å². The van der Waals surface area contributed by atoms with Crippen LogP contribution in [0.25, 0.3) is 0 Å². The highest BCUT2D eigenvalue weighted by molar-refractivity contribution is 6.35. The Morgan fingerprint density at radius 3 is 2.47 bits per heavy atom. The second-order valence-electron chi connectivity index (χ2n) is 8.80. The predicted octanol–water partition coefficient (Wildman–Crippen LogP) is 5.28. The fourth-order valence-corrected chi connectivity index (χ4v) is 4.28. The fourth-order valence-electron chi connectivity index (χ4n) is 3.81. The summed E-state index contributed by atoms with van der Waals surface area (Å²) >= 11 is 12.4. The van der Waals surface area contributed by atoms with Crippen LogP contribution in [0.15, 0.2) is 36.4 Å². The van der Waals surface area contributed by atoms with Gasteiger partial charge in [0.15, 0.2) is 11.5 Å². The molecule has 6 nitrogen and oxygen atoms in total. The maximum absolute atomic E-state index is 13.5. The van der Waals surface area contributed by atoms with Crippen LogP contribution in [0.1, 0.15) is 44.7 Å². The molecular formula is C26H32Cl2N2O4. The maximum Gasteiger partial charge on any atom is 0.242 e. The smallest absolute Gasteiger partial charge is 0.242 e. The molecule has 0 aromatic heterocycles. The second-order valence-corrected chi connectivity index (χ2v) is 9.64. The van der Waals surface area contributed by atoms with Gasteiger partial charge in [0, 0.05) is 29.6 Å². The molecule has 2 aromatic rings. The van der Waals surface area contributed by atoms with Crippen LogP contribution >= 0.6 is 23.2 Å². The van der Waals surface area contributed by atoms with Gasteiger partial charge in [-0.2, -0.15) is 0 Å². The van der Waals surface area contributed by atoms with E-state index in [1.54, 1.807) is 23.1 Å². The Kier molecular flexibility index (Phi) is 9.48. The van der Waals surface area contributed by atoms with Crippen LogP contribution in [0.5, 0.6) is 11.5 Å². The number of ether oxygens (including phenoxy) is 2. The minimum absolute atomic E-state index is 0.118. The molecule has 0 fully saturated rings. The van der Waals surface area contributed by atoms with Crippen molar-refractivity contribution in [1.29, 1.82) is 0 Å². The van der Waals surface area contributed by atoms with E-state index in [-0.39, 0.29) is 24.8 Å². The number of fused-ring (bicyclic) bond motifs is 1. The van der Waals surface area contributed by atoms with E-state index >= 15 is 0 Å². The Morgan fingerprint density at radius 1 is 1.06 bits per heavy atom. The molecular weight excluding hydrogens is 475 g/mol. The monoisotopic (exact) mass is 506 g/mol. The van der Waals surface area contributed by atoms with Gasteiger partial charge in [-0.25, -0.2) is 0 Å². The van der Waals surface area contributed by atoms with Crippen molar-refractivity contribution >= 4 is 35.0 Å². The topological polar surface area (TPSA) is 67.9 Å². The molecule has 1 atom stereocenters. The summed E-state index contributed by atoms with van der Waals surface area (Å²) in [5.74, 6) is 1.45. The summed E-state index contributed by atoms with van der Waals surface area (Å²) < 4.78 is 11.2. The highest BCUT2D eigenvalue weighted by atomic mass is 35.5. The molecule has 2 aromatic carbocycles. The van der Waals surface area contributed by atoms with Crippen molar-refractivity contribution in [3.8, 4) is 11.5 Å². The number of aryl methyl sites for hydroxylation is 1. The number of hydrogen-bond donors (Lipinski definition) is 1. The molecule has 0 saturated carbocycles. The van der Waals surface area contributed by atoms with E-state index in [1.807, 2.05) is 39.0 Å². The Labute approximate surface area is 211 Å². The van der Waals surface area contributed by atoms with Gasteiger partial charge in [0.1, 0.15) is 19.3 Å². The van der Waals surface area contributed by atoms with Crippen molar-refractivity contribution in [2.45, 2.75) is 52.6 Å². The third-order valence-corrected chi connectivity index (χ3v) is 6.25. The van der Waals surface area contributed by atoms with Gasteiger partial charge in [-0.15, -0.1) is 0 Å². The predicted molar refractivity (Wildman–Crippen MR) is 135 cm³/mol. The van der Waals surface area contributed by atoms with Crippen LogP contribution in [0.4, 0.5) is 0 Å². The van der Waals surface area contributed by atoms with Gasteiger partial charge in [-0.3, -0.25) is 9.59 Å². The molecule has 0 saturated heterocycles. The first-order chi connectivity index (χ1) is 16.3. The van der Waals surface area contributed by atoms with Gasteiger partial charge in [-0.1, -0.05) is 56.1 Å². The van der Waals surface area contributed by atoms with Gasteiger partial charge in [0.25, 0.3) is 0 Å².